The van der Waals surface area contributed by atoms with Crippen molar-refractivity contribution >= 4 is 0 Å². The zero-order valence-corrected chi connectivity index (χ0v) is 11.6. The van der Waals surface area contributed by atoms with Gasteiger partial charge < -0.3 is 10.1 Å². The molecule has 0 fully saturated rings. The number of nitriles is 1. The van der Waals surface area contributed by atoms with Gasteiger partial charge in [-0.05, 0) is 32.4 Å². The summed E-state index contributed by atoms with van der Waals surface area (Å²) in [6.45, 7) is 5.33. The van der Waals surface area contributed by atoms with E-state index in [-0.39, 0.29) is 11.9 Å². The summed E-state index contributed by atoms with van der Waals surface area (Å²) in [6, 6.07) is 6.97. The second kappa shape index (κ2) is 8.49. The van der Waals surface area contributed by atoms with E-state index >= 15 is 0 Å². The van der Waals surface area contributed by atoms with Gasteiger partial charge in [-0.25, -0.2) is 4.39 Å². The lowest BCUT2D eigenvalue weighted by Crippen LogP contribution is -2.20. The van der Waals surface area contributed by atoms with Gasteiger partial charge in [0.2, 0.25) is 0 Å². The first-order chi connectivity index (χ1) is 9.19. The van der Waals surface area contributed by atoms with Gasteiger partial charge in [0.25, 0.3) is 0 Å². The minimum absolute atomic E-state index is 0.00686. The van der Waals surface area contributed by atoms with Gasteiger partial charge in [0.15, 0.2) is 0 Å². The van der Waals surface area contributed by atoms with Crippen LogP contribution in [0, 0.1) is 17.1 Å². The number of nitrogens with zero attached hydrogens (tertiary/aromatic N) is 1. The Morgan fingerprint density at radius 1 is 1.47 bits per heavy atom. The van der Waals surface area contributed by atoms with E-state index in [1.54, 1.807) is 12.1 Å². The van der Waals surface area contributed by atoms with Gasteiger partial charge in [-0.2, -0.15) is 5.26 Å². The molecule has 0 aliphatic rings. The Morgan fingerprint density at radius 2 is 2.26 bits per heavy atom. The van der Waals surface area contributed by atoms with Gasteiger partial charge in [-0.3, -0.25) is 0 Å². The summed E-state index contributed by atoms with van der Waals surface area (Å²) in [7, 11) is 0. The topological polar surface area (TPSA) is 45.0 Å². The smallest absolute Gasteiger partial charge is 0.131 e. The van der Waals surface area contributed by atoms with Crippen molar-refractivity contribution in [2.24, 2.45) is 0 Å². The average molecular weight is 264 g/mol. The van der Waals surface area contributed by atoms with Crippen LogP contribution in [0.2, 0.25) is 0 Å². The molecule has 19 heavy (non-hydrogen) atoms. The zero-order valence-electron chi connectivity index (χ0n) is 11.6. The van der Waals surface area contributed by atoms with Crippen LogP contribution in [0.3, 0.4) is 0 Å². The second-order valence-corrected chi connectivity index (χ2v) is 4.47. The molecule has 0 aliphatic heterocycles. The fourth-order valence-corrected chi connectivity index (χ4v) is 1.76. The molecule has 0 aromatic heterocycles. The summed E-state index contributed by atoms with van der Waals surface area (Å²) in [5.41, 5.74) is 0.651. The first kappa shape index (κ1) is 15.5. The van der Waals surface area contributed by atoms with Gasteiger partial charge in [0.05, 0.1) is 12.7 Å². The lowest BCUT2D eigenvalue weighted by atomic mass is 10.1. The molecule has 0 spiro atoms. The van der Waals surface area contributed by atoms with Gasteiger partial charge in [0, 0.05) is 24.1 Å². The lowest BCUT2D eigenvalue weighted by Gasteiger charge is -2.15. The molecule has 1 rings (SSSR count). The van der Waals surface area contributed by atoms with Crippen molar-refractivity contribution in [1.82, 2.24) is 5.32 Å². The number of ether oxygens (including phenoxy) is 1. The second-order valence-electron chi connectivity index (χ2n) is 4.47. The molecule has 104 valence electrons. The Balaban J connectivity index is 2.56. The molecule has 1 N–H and O–H groups in total. The van der Waals surface area contributed by atoms with Crippen molar-refractivity contribution in [2.75, 3.05) is 13.2 Å². The molecule has 3 nitrogen and oxygen atoms in total. The minimum Gasteiger partial charge on any atom is -0.493 e. The largest absolute Gasteiger partial charge is 0.493 e. The van der Waals surface area contributed by atoms with E-state index in [1.807, 2.05) is 13.0 Å². The Bertz CT molecular complexity index is 429. The normalized spacial score (nSPS) is 11.9. The van der Waals surface area contributed by atoms with Crippen LogP contribution in [0.15, 0.2) is 18.2 Å². The van der Waals surface area contributed by atoms with Crippen molar-refractivity contribution < 1.29 is 9.13 Å². The Labute approximate surface area is 114 Å². The Morgan fingerprint density at radius 3 is 2.89 bits per heavy atom. The van der Waals surface area contributed by atoms with E-state index in [1.165, 1.54) is 6.07 Å². The van der Waals surface area contributed by atoms with Crippen molar-refractivity contribution in [1.29, 1.82) is 5.26 Å². The highest BCUT2D eigenvalue weighted by Gasteiger charge is 2.10. The number of hydrogen-bond acceptors (Lipinski definition) is 3. The predicted octanol–water partition coefficient (Wildman–Crippen LogP) is 3.57. The molecular formula is C15H21FN2O. The molecule has 1 aromatic rings. The van der Waals surface area contributed by atoms with Crippen LogP contribution < -0.4 is 10.1 Å². The van der Waals surface area contributed by atoms with Crippen molar-refractivity contribution in [2.45, 2.75) is 39.2 Å². The van der Waals surface area contributed by atoms with Crippen LogP contribution in [-0.4, -0.2) is 13.2 Å². The fraction of sp³-hybridized carbons (Fsp3) is 0.533. The van der Waals surface area contributed by atoms with Crippen molar-refractivity contribution in [3.8, 4) is 11.8 Å². The maximum atomic E-state index is 13.9. The highest BCUT2D eigenvalue weighted by molar-refractivity contribution is 5.30. The van der Waals surface area contributed by atoms with Crippen LogP contribution in [-0.2, 0) is 0 Å². The van der Waals surface area contributed by atoms with E-state index < -0.39 is 0 Å². The molecule has 0 saturated carbocycles. The maximum Gasteiger partial charge on any atom is 0.131 e. The highest BCUT2D eigenvalue weighted by Crippen LogP contribution is 2.22. The van der Waals surface area contributed by atoms with Gasteiger partial charge >= 0.3 is 0 Å². The Hall–Kier alpha value is -1.60. The van der Waals surface area contributed by atoms with Gasteiger partial charge in [-0.1, -0.05) is 13.0 Å². The molecule has 0 radical (unpaired) electrons. The van der Waals surface area contributed by atoms with Crippen LogP contribution in [0.4, 0.5) is 4.39 Å². The number of nitrogens with one attached hydrogen (secondary N) is 1. The molecule has 1 atom stereocenters. The molecule has 0 amide bonds. The maximum absolute atomic E-state index is 13.9. The molecule has 0 bridgehead atoms. The molecule has 0 heterocycles. The minimum atomic E-state index is -0.256. The van der Waals surface area contributed by atoms with Crippen LogP contribution in [0.5, 0.6) is 5.75 Å². The van der Waals surface area contributed by atoms with E-state index in [0.717, 1.165) is 13.0 Å². The summed E-state index contributed by atoms with van der Waals surface area (Å²) < 4.78 is 19.3. The third kappa shape index (κ3) is 5.27. The summed E-state index contributed by atoms with van der Waals surface area (Å²) in [5.74, 6) is 0.260. The van der Waals surface area contributed by atoms with Gasteiger partial charge in [-0.15, -0.1) is 0 Å². The summed E-state index contributed by atoms with van der Waals surface area (Å²) in [6.07, 6.45) is 2.14. The quantitative estimate of drug-likeness (QED) is 0.730. The van der Waals surface area contributed by atoms with Crippen molar-refractivity contribution in [3.63, 3.8) is 0 Å². The summed E-state index contributed by atoms with van der Waals surface area (Å²) in [5, 5.41) is 11.7. The monoisotopic (exact) mass is 264 g/mol. The number of halogens is 1. The SMILES string of the molecule is CCCNC(C)c1ccc(OCCCC#N)cc1F. The molecular weight excluding hydrogens is 243 g/mol. The Kier molecular flexibility index (Phi) is 6.91. The van der Waals surface area contributed by atoms with Crippen LogP contribution >= 0.6 is 0 Å². The molecule has 0 saturated heterocycles. The molecule has 1 aromatic carbocycles. The number of unbranched alkanes of at least 4 members (excludes halogenated alkanes) is 1. The fourth-order valence-electron chi connectivity index (χ4n) is 1.76. The predicted molar refractivity (Wildman–Crippen MR) is 73.5 cm³/mol. The number of hydrogen-bond donors (Lipinski definition) is 1. The first-order valence-corrected chi connectivity index (χ1v) is 6.71. The average Bonchev–Trinajstić information content (AvgIpc) is 2.41. The van der Waals surface area contributed by atoms with Crippen molar-refractivity contribution in [3.05, 3.63) is 29.6 Å². The summed E-state index contributed by atoms with van der Waals surface area (Å²) >= 11 is 0. The zero-order chi connectivity index (χ0) is 14.1. The molecule has 4 heteroatoms. The highest BCUT2D eigenvalue weighted by atomic mass is 19.1. The van der Waals surface area contributed by atoms with E-state index in [4.69, 9.17) is 10.00 Å². The third-order valence-electron chi connectivity index (χ3n) is 2.84. The standard InChI is InChI=1S/C15H21FN2O/c1-3-9-18-12(2)14-7-6-13(11-15(14)16)19-10-5-4-8-17/h6-7,11-12,18H,3-5,9-10H2,1-2H3. The van der Waals surface area contributed by atoms with E-state index in [0.29, 0.717) is 30.8 Å². The van der Waals surface area contributed by atoms with E-state index in [9.17, 15) is 4.39 Å². The van der Waals surface area contributed by atoms with Gasteiger partial charge in [0.1, 0.15) is 11.6 Å². The summed E-state index contributed by atoms with van der Waals surface area (Å²) in [4.78, 5) is 0. The van der Waals surface area contributed by atoms with Crippen LogP contribution in [0.25, 0.3) is 0 Å². The molecule has 0 aliphatic carbocycles. The molecule has 1 unspecified atom stereocenters. The number of benzene rings is 1. The number of rotatable bonds is 8. The van der Waals surface area contributed by atoms with E-state index in [2.05, 4.69) is 12.2 Å². The lowest BCUT2D eigenvalue weighted by molar-refractivity contribution is 0.310. The van der Waals surface area contributed by atoms with Crippen LogP contribution in [0.1, 0.15) is 44.7 Å². The first-order valence-electron chi connectivity index (χ1n) is 6.71. The third-order valence-corrected chi connectivity index (χ3v) is 2.84.